The zero-order valence-electron chi connectivity index (χ0n) is 9.10. The molecule has 0 atom stereocenters. The van der Waals surface area contributed by atoms with Crippen molar-refractivity contribution >= 4 is 0 Å². The van der Waals surface area contributed by atoms with Gasteiger partial charge in [-0.2, -0.15) is 0 Å². The lowest BCUT2D eigenvalue weighted by Crippen LogP contribution is -2.18. The lowest BCUT2D eigenvalue weighted by atomic mass is 10.1. The molecule has 2 heteroatoms. The van der Waals surface area contributed by atoms with Crippen molar-refractivity contribution in [3.8, 4) is 0 Å². The molecule has 0 spiro atoms. The Morgan fingerprint density at radius 2 is 2.07 bits per heavy atom. The highest BCUT2D eigenvalue weighted by atomic mass is 19.1. The van der Waals surface area contributed by atoms with Crippen LogP contribution in [0.15, 0.2) is 18.2 Å². The Kier molecular flexibility index (Phi) is 4.08. The van der Waals surface area contributed by atoms with E-state index in [2.05, 4.69) is 19.2 Å². The summed E-state index contributed by atoms with van der Waals surface area (Å²) in [4.78, 5) is 0. The van der Waals surface area contributed by atoms with Crippen molar-refractivity contribution in [1.82, 2.24) is 5.32 Å². The lowest BCUT2D eigenvalue weighted by Gasteiger charge is -2.08. The highest BCUT2D eigenvalue weighted by Crippen LogP contribution is 2.08. The molecular formula is C12H18FN. The van der Waals surface area contributed by atoms with Gasteiger partial charge in [0, 0.05) is 6.54 Å². The zero-order valence-corrected chi connectivity index (χ0v) is 9.10. The molecule has 1 aromatic carbocycles. The molecule has 0 fully saturated rings. The van der Waals surface area contributed by atoms with Gasteiger partial charge in [0.2, 0.25) is 0 Å². The van der Waals surface area contributed by atoms with Gasteiger partial charge in [0.05, 0.1) is 0 Å². The predicted octanol–water partition coefficient (Wildman–Crippen LogP) is 2.88. The fourth-order valence-electron chi connectivity index (χ4n) is 1.32. The molecule has 0 aliphatic carbocycles. The normalized spacial score (nSPS) is 10.9. The van der Waals surface area contributed by atoms with Crippen LogP contribution in [0.4, 0.5) is 4.39 Å². The van der Waals surface area contributed by atoms with Gasteiger partial charge in [-0.1, -0.05) is 26.0 Å². The van der Waals surface area contributed by atoms with Crippen LogP contribution in [0.5, 0.6) is 0 Å². The Hall–Kier alpha value is -0.890. The molecule has 0 radical (unpaired) electrons. The van der Waals surface area contributed by atoms with E-state index in [9.17, 15) is 4.39 Å². The van der Waals surface area contributed by atoms with Crippen molar-refractivity contribution in [2.75, 3.05) is 6.54 Å². The summed E-state index contributed by atoms with van der Waals surface area (Å²) in [5.74, 6) is 0.522. The van der Waals surface area contributed by atoms with Gasteiger partial charge in [-0.05, 0) is 36.6 Å². The SMILES string of the molecule is Cc1cc(CNCC(C)C)ccc1F. The van der Waals surface area contributed by atoms with E-state index in [-0.39, 0.29) is 5.82 Å². The monoisotopic (exact) mass is 195 g/mol. The fraction of sp³-hybridized carbons (Fsp3) is 0.500. The number of hydrogen-bond donors (Lipinski definition) is 1. The van der Waals surface area contributed by atoms with Crippen LogP contribution in [-0.4, -0.2) is 6.54 Å². The Balaban J connectivity index is 2.47. The van der Waals surface area contributed by atoms with E-state index in [1.807, 2.05) is 12.1 Å². The molecule has 14 heavy (non-hydrogen) atoms. The number of hydrogen-bond acceptors (Lipinski definition) is 1. The van der Waals surface area contributed by atoms with Gasteiger partial charge in [0.25, 0.3) is 0 Å². The van der Waals surface area contributed by atoms with Crippen LogP contribution in [0.2, 0.25) is 0 Å². The van der Waals surface area contributed by atoms with E-state index in [0.29, 0.717) is 11.5 Å². The van der Waals surface area contributed by atoms with Crippen LogP contribution >= 0.6 is 0 Å². The van der Waals surface area contributed by atoms with Crippen LogP contribution in [-0.2, 0) is 6.54 Å². The minimum atomic E-state index is -0.127. The van der Waals surface area contributed by atoms with E-state index in [4.69, 9.17) is 0 Å². The minimum Gasteiger partial charge on any atom is -0.312 e. The molecule has 0 heterocycles. The predicted molar refractivity (Wildman–Crippen MR) is 57.7 cm³/mol. The van der Waals surface area contributed by atoms with Crippen molar-refractivity contribution in [2.45, 2.75) is 27.3 Å². The average molecular weight is 195 g/mol. The first kappa shape index (κ1) is 11.2. The van der Waals surface area contributed by atoms with Gasteiger partial charge in [0.15, 0.2) is 0 Å². The van der Waals surface area contributed by atoms with Gasteiger partial charge in [-0.15, -0.1) is 0 Å². The maximum absolute atomic E-state index is 12.9. The van der Waals surface area contributed by atoms with E-state index in [1.165, 1.54) is 6.07 Å². The van der Waals surface area contributed by atoms with Gasteiger partial charge >= 0.3 is 0 Å². The first-order valence-corrected chi connectivity index (χ1v) is 5.05. The van der Waals surface area contributed by atoms with Gasteiger partial charge in [0.1, 0.15) is 5.82 Å². The lowest BCUT2D eigenvalue weighted by molar-refractivity contribution is 0.551. The third-order valence-electron chi connectivity index (χ3n) is 2.10. The third kappa shape index (κ3) is 3.46. The summed E-state index contributed by atoms with van der Waals surface area (Å²) in [6.07, 6.45) is 0. The maximum atomic E-state index is 12.9. The van der Waals surface area contributed by atoms with Crippen molar-refractivity contribution in [3.05, 3.63) is 35.1 Å². The average Bonchev–Trinajstić information content (AvgIpc) is 2.10. The number of halogens is 1. The Morgan fingerprint density at radius 1 is 1.36 bits per heavy atom. The molecule has 0 aromatic heterocycles. The second-order valence-electron chi connectivity index (χ2n) is 4.11. The molecule has 0 bridgehead atoms. The molecule has 0 aliphatic heterocycles. The standard InChI is InChI=1S/C12H18FN/c1-9(2)7-14-8-11-4-5-12(13)10(3)6-11/h4-6,9,14H,7-8H2,1-3H3. The molecule has 78 valence electrons. The van der Waals surface area contributed by atoms with E-state index < -0.39 is 0 Å². The van der Waals surface area contributed by atoms with E-state index >= 15 is 0 Å². The maximum Gasteiger partial charge on any atom is 0.126 e. The van der Waals surface area contributed by atoms with E-state index in [1.54, 1.807) is 6.92 Å². The molecule has 0 unspecified atom stereocenters. The molecule has 1 N–H and O–H groups in total. The minimum absolute atomic E-state index is 0.127. The summed E-state index contributed by atoms with van der Waals surface area (Å²) in [5, 5.41) is 3.33. The van der Waals surface area contributed by atoms with Crippen molar-refractivity contribution in [2.24, 2.45) is 5.92 Å². The van der Waals surface area contributed by atoms with Gasteiger partial charge in [-0.25, -0.2) is 4.39 Å². The molecule has 1 nitrogen and oxygen atoms in total. The van der Waals surface area contributed by atoms with Crippen LogP contribution < -0.4 is 5.32 Å². The molecule has 0 amide bonds. The molecule has 1 rings (SSSR count). The topological polar surface area (TPSA) is 12.0 Å². The van der Waals surface area contributed by atoms with E-state index in [0.717, 1.165) is 18.7 Å². The summed E-state index contributed by atoms with van der Waals surface area (Å²) in [7, 11) is 0. The molecule has 1 aromatic rings. The molecule has 0 aliphatic rings. The largest absolute Gasteiger partial charge is 0.312 e. The zero-order chi connectivity index (χ0) is 10.6. The highest BCUT2D eigenvalue weighted by Gasteiger charge is 1.99. The summed E-state index contributed by atoms with van der Waals surface area (Å²) in [6, 6.07) is 5.25. The number of aryl methyl sites for hydroxylation is 1. The van der Waals surface area contributed by atoms with Crippen LogP contribution in [0.3, 0.4) is 0 Å². The Labute approximate surface area is 85.3 Å². The Morgan fingerprint density at radius 3 is 2.64 bits per heavy atom. The van der Waals surface area contributed by atoms with Crippen molar-refractivity contribution in [3.63, 3.8) is 0 Å². The molecular weight excluding hydrogens is 177 g/mol. The van der Waals surface area contributed by atoms with Crippen LogP contribution in [0.25, 0.3) is 0 Å². The van der Waals surface area contributed by atoms with Gasteiger partial charge in [-0.3, -0.25) is 0 Å². The first-order chi connectivity index (χ1) is 6.59. The smallest absolute Gasteiger partial charge is 0.126 e. The summed E-state index contributed by atoms with van der Waals surface area (Å²) in [6.45, 7) is 7.95. The second-order valence-corrected chi connectivity index (χ2v) is 4.11. The van der Waals surface area contributed by atoms with Crippen molar-refractivity contribution in [1.29, 1.82) is 0 Å². The summed E-state index contributed by atoms with van der Waals surface area (Å²) >= 11 is 0. The summed E-state index contributed by atoms with van der Waals surface area (Å²) in [5.41, 5.74) is 1.86. The number of nitrogens with one attached hydrogen (secondary N) is 1. The number of rotatable bonds is 4. The quantitative estimate of drug-likeness (QED) is 0.779. The summed E-state index contributed by atoms with van der Waals surface area (Å²) < 4.78 is 12.9. The highest BCUT2D eigenvalue weighted by molar-refractivity contribution is 5.23. The number of benzene rings is 1. The van der Waals surface area contributed by atoms with Crippen LogP contribution in [0, 0.1) is 18.7 Å². The Bertz CT molecular complexity index is 294. The van der Waals surface area contributed by atoms with Crippen LogP contribution in [0.1, 0.15) is 25.0 Å². The van der Waals surface area contributed by atoms with Gasteiger partial charge < -0.3 is 5.32 Å². The first-order valence-electron chi connectivity index (χ1n) is 5.05. The molecule has 0 saturated heterocycles. The molecule has 0 saturated carbocycles. The second kappa shape index (κ2) is 5.11. The van der Waals surface area contributed by atoms with Crippen molar-refractivity contribution < 1.29 is 4.39 Å². The fourth-order valence-corrected chi connectivity index (χ4v) is 1.32. The third-order valence-corrected chi connectivity index (χ3v) is 2.10.